The van der Waals surface area contributed by atoms with Crippen molar-refractivity contribution < 1.29 is 10.2 Å². The van der Waals surface area contributed by atoms with Crippen molar-refractivity contribution in [3.63, 3.8) is 0 Å². The van der Waals surface area contributed by atoms with Gasteiger partial charge in [-0.05, 0) is 19.1 Å². The lowest BCUT2D eigenvalue weighted by molar-refractivity contribution is 0.405. The van der Waals surface area contributed by atoms with E-state index in [2.05, 4.69) is 4.98 Å². The van der Waals surface area contributed by atoms with Gasteiger partial charge in [-0.3, -0.25) is 0 Å². The van der Waals surface area contributed by atoms with Gasteiger partial charge in [-0.15, -0.1) is 0 Å². The van der Waals surface area contributed by atoms with E-state index in [1.807, 2.05) is 13.0 Å². The third-order valence-electron chi connectivity index (χ3n) is 1.85. The van der Waals surface area contributed by atoms with Crippen molar-refractivity contribution in [3.8, 4) is 11.5 Å². The summed E-state index contributed by atoms with van der Waals surface area (Å²) in [5.74, 6) is -0.175. The van der Waals surface area contributed by atoms with Crippen molar-refractivity contribution in [1.29, 1.82) is 0 Å². The normalized spacial score (nSPS) is 10.8. The van der Waals surface area contributed by atoms with Crippen LogP contribution in [0.4, 0.5) is 0 Å². The molecule has 2 aromatic rings. The third-order valence-corrected chi connectivity index (χ3v) is 1.85. The number of fused-ring (bicyclic) bond motifs is 1. The number of nitrogens with one attached hydrogen (secondary N) is 1. The Morgan fingerprint density at radius 3 is 2.50 bits per heavy atom. The minimum Gasteiger partial charge on any atom is -0.504 e. The van der Waals surface area contributed by atoms with Gasteiger partial charge < -0.3 is 15.2 Å². The van der Waals surface area contributed by atoms with E-state index in [1.165, 1.54) is 12.1 Å². The van der Waals surface area contributed by atoms with Gasteiger partial charge in [0.25, 0.3) is 0 Å². The van der Waals surface area contributed by atoms with E-state index >= 15 is 0 Å². The van der Waals surface area contributed by atoms with E-state index in [-0.39, 0.29) is 11.5 Å². The van der Waals surface area contributed by atoms with E-state index in [9.17, 15) is 0 Å². The molecule has 0 aliphatic carbocycles. The summed E-state index contributed by atoms with van der Waals surface area (Å²) >= 11 is 0. The fraction of sp³-hybridized carbons (Fsp3) is 0.111. The Hall–Kier alpha value is -1.64. The monoisotopic (exact) mass is 163 g/mol. The fourth-order valence-corrected chi connectivity index (χ4v) is 1.30. The highest BCUT2D eigenvalue weighted by molar-refractivity contribution is 5.83. The minimum atomic E-state index is -0.0932. The van der Waals surface area contributed by atoms with Gasteiger partial charge in [-0.25, -0.2) is 0 Å². The molecule has 0 saturated carbocycles. The summed E-state index contributed by atoms with van der Waals surface area (Å²) in [4.78, 5) is 3.06. The first-order valence-electron chi connectivity index (χ1n) is 3.68. The molecular weight excluding hydrogens is 154 g/mol. The number of phenols is 2. The first-order valence-corrected chi connectivity index (χ1v) is 3.68. The third kappa shape index (κ3) is 0.906. The second-order valence-electron chi connectivity index (χ2n) is 2.88. The van der Waals surface area contributed by atoms with Crippen LogP contribution in [0.1, 0.15) is 5.69 Å². The highest BCUT2D eigenvalue weighted by Crippen LogP contribution is 2.29. The lowest BCUT2D eigenvalue weighted by atomic mass is 10.2. The van der Waals surface area contributed by atoms with Gasteiger partial charge in [0.2, 0.25) is 0 Å². The number of hydrogen-bond acceptors (Lipinski definition) is 2. The zero-order valence-electron chi connectivity index (χ0n) is 6.63. The highest BCUT2D eigenvalue weighted by Gasteiger charge is 2.03. The number of aromatic hydroxyl groups is 2. The molecule has 0 aliphatic heterocycles. The van der Waals surface area contributed by atoms with Crippen molar-refractivity contribution in [3.05, 3.63) is 23.9 Å². The molecule has 0 fully saturated rings. The van der Waals surface area contributed by atoms with Crippen LogP contribution in [0.15, 0.2) is 18.2 Å². The molecule has 0 spiro atoms. The van der Waals surface area contributed by atoms with Gasteiger partial charge in [0.15, 0.2) is 11.5 Å². The SMILES string of the molecule is Cc1cc2cc(O)c(O)cc2[nH]1. The molecule has 62 valence electrons. The van der Waals surface area contributed by atoms with Crippen molar-refractivity contribution in [2.24, 2.45) is 0 Å². The molecule has 0 amide bonds. The number of benzene rings is 1. The largest absolute Gasteiger partial charge is 0.504 e. The summed E-state index contributed by atoms with van der Waals surface area (Å²) < 4.78 is 0. The van der Waals surface area contributed by atoms with Crippen LogP contribution >= 0.6 is 0 Å². The van der Waals surface area contributed by atoms with Crippen LogP contribution in [0, 0.1) is 6.92 Å². The number of aryl methyl sites for hydroxylation is 1. The molecule has 1 aromatic heterocycles. The van der Waals surface area contributed by atoms with E-state index in [4.69, 9.17) is 10.2 Å². The van der Waals surface area contributed by atoms with Crippen LogP contribution in [-0.2, 0) is 0 Å². The average Bonchev–Trinajstić information content (AvgIpc) is 2.30. The molecule has 0 bridgehead atoms. The van der Waals surface area contributed by atoms with Crippen molar-refractivity contribution >= 4 is 10.9 Å². The molecule has 3 nitrogen and oxygen atoms in total. The zero-order valence-corrected chi connectivity index (χ0v) is 6.63. The standard InChI is InChI=1S/C9H9NO2/c1-5-2-6-3-8(11)9(12)4-7(6)10-5/h2-4,10-12H,1H3. The molecule has 0 atom stereocenters. The molecule has 3 N–H and O–H groups in total. The van der Waals surface area contributed by atoms with Gasteiger partial charge in [0, 0.05) is 22.7 Å². The van der Waals surface area contributed by atoms with Crippen LogP contribution in [0.3, 0.4) is 0 Å². The topological polar surface area (TPSA) is 56.2 Å². The smallest absolute Gasteiger partial charge is 0.159 e. The molecule has 1 heterocycles. The second kappa shape index (κ2) is 2.17. The lowest BCUT2D eigenvalue weighted by Gasteiger charge is -1.95. The average molecular weight is 163 g/mol. The van der Waals surface area contributed by atoms with Crippen molar-refractivity contribution in [1.82, 2.24) is 4.98 Å². The second-order valence-corrected chi connectivity index (χ2v) is 2.88. The Bertz CT molecular complexity index is 392. The van der Waals surface area contributed by atoms with Gasteiger partial charge in [0.05, 0.1) is 0 Å². The van der Waals surface area contributed by atoms with E-state index in [0.717, 1.165) is 16.6 Å². The van der Waals surface area contributed by atoms with E-state index < -0.39 is 0 Å². The summed E-state index contributed by atoms with van der Waals surface area (Å²) in [5.41, 5.74) is 1.85. The van der Waals surface area contributed by atoms with Crippen LogP contribution < -0.4 is 0 Å². The van der Waals surface area contributed by atoms with Crippen LogP contribution in [0.2, 0.25) is 0 Å². The number of rotatable bonds is 0. The maximum absolute atomic E-state index is 9.16. The van der Waals surface area contributed by atoms with Crippen LogP contribution in [-0.4, -0.2) is 15.2 Å². The Balaban J connectivity index is 2.83. The number of hydrogen-bond donors (Lipinski definition) is 3. The number of aromatic nitrogens is 1. The molecule has 1 aromatic carbocycles. The Morgan fingerprint density at radius 2 is 1.75 bits per heavy atom. The van der Waals surface area contributed by atoms with Crippen LogP contribution in [0.25, 0.3) is 10.9 Å². The first kappa shape index (κ1) is 7.03. The van der Waals surface area contributed by atoms with Crippen molar-refractivity contribution in [2.75, 3.05) is 0 Å². The molecular formula is C9H9NO2. The van der Waals surface area contributed by atoms with E-state index in [0.29, 0.717) is 0 Å². The molecule has 12 heavy (non-hydrogen) atoms. The lowest BCUT2D eigenvalue weighted by Crippen LogP contribution is -1.70. The van der Waals surface area contributed by atoms with Gasteiger partial charge >= 0.3 is 0 Å². The van der Waals surface area contributed by atoms with Crippen molar-refractivity contribution in [2.45, 2.75) is 6.92 Å². The molecule has 0 saturated heterocycles. The minimum absolute atomic E-state index is 0.0819. The Morgan fingerprint density at radius 1 is 1.08 bits per heavy atom. The fourth-order valence-electron chi connectivity index (χ4n) is 1.30. The van der Waals surface area contributed by atoms with Crippen LogP contribution in [0.5, 0.6) is 11.5 Å². The number of phenolic OH excluding ortho intramolecular Hbond substituents is 2. The Kier molecular flexibility index (Phi) is 1.27. The highest BCUT2D eigenvalue weighted by atomic mass is 16.3. The maximum atomic E-state index is 9.16. The number of H-pyrrole nitrogens is 1. The molecule has 2 rings (SSSR count). The first-order chi connectivity index (χ1) is 5.66. The molecule has 0 aliphatic rings. The maximum Gasteiger partial charge on any atom is 0.159 e. The molecule has 3 heteroatoms. The number of aromatic amines is 1. The quantitative estimate of drug-likeness (QED) is 0.519. The predicted octanol–water partition coefficient (Wildman–Crippen LogP) is 1.89. The molecule has 0 unspecified atom stereocenters. The summed E-state index contributed by atoms with van der Waals surface area (Å²) in [5, 5.41) is 19.2. The summed E-state index contributed by atoms with van der Waals surface area (Å²) in [6, 6.07) is 4.96. The zero-order chi connectivity index (χ0) is 8.72. The predicted molar refractivity (Wildman–Crippen MR) is 46.4 cm³/mol. The van der Waals surface area contributed by atoms with E-state index in [1.54, 1.807) is 0 Å². The Labute approximate surface area is 69.3 Å². The summed E-state index contributed by atoms with van der Waals surface area (Å²) in [6.45, 7) is 1.92. The van der Waals surface area contributed by atoms with Gasteiger partial charge in [0.1, 0.15) is 0 Å². The van der Waals surface area contributed by atoms with Gasteiger partial charge in [-0.2, -0.15) is 0 Å². The summed E-state index contributed by atoms with van der Waals surface area (Å²) in [6.07, 6.45) is 0. The molecule has 0 radical (unpaired) electrons. The van der Waals surface area contributed by atoms with Gasteiger partial charge in [-0.1, -0.05) is 0 Å². The summed E-state index contributed by atoms with van der Waals surface area (Å²) in [7, 11) is 0.